The second-order valence-corrected chi connectivity index (χ2v) is 6.86. The Morgan fingerprint density at radius 1 is 1.17 bits per heavy atom. The van der Waals surface area contributed by atoms with Gasteiger partial charge in [-0.3, -0.25) is 4.90 Å². The molecule has 3 nitrogen and oxygen atoms in total. The van der Waals surface area contributed by atoms with E-state index in [0.717, 1.165) is 25.3 Å². The Kier molecular flexibility index (Phi) is 5.86. The molecule has 2 aromatic rings. The summed E-state index contributed by atoms with van der Waals surface area (Å²) in [6.45, 7) is 6.62. The minimum atomic E-state index is 0.449. The Labute approximate surface area is 146 Å². The Morgan fingerprint density at radius 3 is 2.79 bits per heavy atom. The third kappa shape index (κ3) is 4.15. The summed E-state index contributed by atoms with van der Waals surface area (Å²) in [5.74, 6) is 1.07. The molecule has 2 heterocycles. The van der Waals surface area contributed by atoms with E-state index in [9.17, 15) is 0 Å². The van der Waals surface area contributed by atoms with Crippen LogP contribution in [0.15, 0.2) is 48.7 Å². The van der Waals surface area contributed by atoms with Crippen molar-refractivity contribution in [2.24, 2.45) is 0 Å². The van der Waals surface area contributed by atoms with Gasteiger partial charge in [0.25, 0.3) is 0 Å². The van der Waals surface area contributed by atoms with Crippen LogP contribution in [-0.2, 0) is 6.54 Å². The van der Waals surface area contributed by atoms with Gasteiger partial charge in [-0.05, 0) is 44.4 Å². The smallest absolute Gasteiger partial charge is 0.130 e. The van der Waals surface area contributed by atoms with E-state index in [1.54, 1.807) is 0 Å². The molecule has 0 aliphatic carbocycles. The van der Waals surface area contributed by atoms with Crippen LogP contribution in [0, 0.1) is 0 Å². The van der Waals surface area contributed by atoms with E-state index >= 15 is 0 Å². The summed E-state index contributed by atoms with van der Waals surface area (Å²) in [6, 6.07) is 16.1. The standard InChI is InChI=1S/C21H29N3/c1-3-17(2)23-21-19(12-9-14-22-21)20-13-7-8-15-24(20)16-18-10-5-4-6-11-18/h4-6,9-12,14,17,20H,3,7-8,13,15-16H2,1-2H3,(H,22,23)/t17-,20-/m0/s1. The average Bonchev–Trinajstić information content (AvgIpc) is 2.63. The van der Waals surface area contributed by atoms with E-state index in [0.29, 0.717) is 12.1 Å². The zero-order valence-corrected chi connectivity index (χ0v) is 14.9. The quantitative estimate of drug-likeness (QED) is 0.809. The van der Waals surface area contributed by atoms with Crippen LogP contribution in [0.2, 0.25) is 0 Å². The second kappa shape index (κ2) is 8.29. The lowest BCUT2D eigenvalue weighted by Crippen LogP contribution is -2.33. The largest absolute Gasteiger partial charge is 0.367 e. The molecular formula is C21H29N3. The molecule has 1 saturated heterocycles. The first-order valence-electron chi connectivity index (χ1n) is 9.27. The van der Waals surface area contributed by atoms with Crippen LogP contribution in [0.25, 0.3) is 0 Å². The fourth-order valence-electron chi connectivity index (χ4n) is 3.49. The number of hydrogen-bond acceptors (Lipinski definition) is 3. The third-order valence-electron chi connectivity index (χ3n) is 5.04. The molecule has 0 radical (unpaired) electrons. The van der Waals surface area contributed by atoms with Gasteiger partial charge in [-0.2, -0.15) is 0 Å². The lowest BCUT2D eigenvalue weighted by Gasteiger charge is -2.37. The van der Waals surface area contributed by atoms with Gasteiger partial charge in [0, 0.05) is 30.4 Å². The van der Waals surface area contributed by atoms with Gasteiger partial charge < -0.3 is 5.32 Å². The maximum Gasteiger partial charge on any atom is 0.130 e. The molecule has 0 spiro atoms. The summed E-state index contributed by atoms with van der Waals surface area (Å²) in [4.78, 5) is 7.27. The molecule has 3 rings (SSSR count). The Morgan fingerprint density at radius 2 is 2.00 bits per heavy atom. The summed E-state index contributed by atoms with van der Waals surface area (Å²) in [5.41, 5.74) is 2.75. The summed E-state index contributed by atoms with van der Waals surface area (Å²) in [6.07, 6.45) is 6.81. The molecule has 1 aromatic heterocycles. The highest BCUT2D eigenvalue weighted by Gasteiger charge is 2.26. The predicted octanol–water partition coefficient (Wildman–Crippen LogP) is 5.02. The van der Waals surface area contributed by atoms with Crippen molar-refractivity contribution in [3.63, 3.8) is 0 Å². The number of aromatic nitrogens is 1. The van der Waals surface area contributed by atoms with Gasteiger partial charge in [-0.25, -0.2) is 4.98 Å². The highest BCUT2D eigenvalue weighted by Crippen LogP contribution is 2.35. The summed E-state index contributed by atoms with van der Waals surface area (Å²) < 4.78 is 0. The molecule has 1 aromatic carbocycles. The van der Waals surface area contributed by atoms with Crippen molar-refractivity contribution in [3.05, 3.63) is 59.8 Å². The highest BCUT2D eigenvalue weighted by molar-refractivity contribution is 5.46. The SMILES string of the molecule is CC[C@H](C)Nc1ncccc1[C@@H]1CCCCN1Cc1ccccc1. The second-order valence-electron chi connectivity index (χ2n) is 6.86. The number of nitrogens with one attached hydrogen (secondary N) is 1. The molecule has 0 unspecified atom stereocenters. The van der Waals surface area contributed by atoms with E-state index in [2.05, 4.69) is 71.5 Å². The molecule has 1 fully saturated rings. The normalized spacial score (nSPS) is 19.8. The van der Waals surface area contributed by atoms with Gasteiger partial charge in [0.05, 0.1) is 0 Å². The van der Waals surface area contributed by atoms with E-state index in [1.165, 1.54) is 30.4 Å². The maximum atomic E-state index is 4.65. The van der Waals surface area contributed by atoms with Crippen LogP contribution in [0.5, 0.6) is 0 Å². The van der Waals surface area contributed by atoms with Crippen LogP contribution < -0.4 is 5.32 Å². The topological polar surface area (TPSA) is 28.2 Å². The number of hydrogen-bond donors (Lipinski definition) is 1. The minimum Gasteiger partial charge on any atom is -0.367 e. The zero-order chi connectivity index (χ0) is 16.8. The Hall–Kier alpha value is -1.87. The average molecular weight is 323 g/mol. The number of likely N-dealkylation sites (tertiary alicyclic amines) is 1. The fourth-order valence-corrected chi connectivity index (χ4v) is 3.49. The molecule has 24 heavy (non-hydrogen) atoms. The molecule has 1 aliphatic heterocycles. The first kappa shape index (κ1) is 17.0. The number of pyridine rings is 1. The summed E-state index contributed by atoms with van der Waals surface area (Å²) >= 11 is 0. The van der Waals surface area contributed by atoms with Gasteiger partial charge in [0.15, 0.2) is 0 Å². The monoisotopic (exact) mass is 323 g/mol. The third-order valence-corrected chi connectivity index (χ3v) is 5.04. The number of piperidine rings is 1. The van der Waals surface area contributed by atoms with Crippen LogP contribution >= 0.6 is 0 Å². The van der Waals surface area contributed by atoms with Gasteiger partial charge in [-0.1, -0.05) is 49.7 Å². The fraction of sp³-hybridized carbons (Fsp3) is 0.476. The number of nitrogens with zero attached hydrogens (tertiary/aromatic N) is 2. The van der Waals surface area contributed by atoms with Crippen molar-refractivity contribution < 1.29 is 0 Å². The molecule has 128 valence electrons. The number of rotatable bonds is 6. The Bertz CT molecular complexity index is 626. The van der Waals surface area contributed by atoms with Gasteiger partial charge >= 0.3 is 0 Å². The minimum absolute atomic E-state index is 0.449. The summed E-state index contributed by atoms with van der Waals surface area (Å²) in [7, 11) is 0. The lowest BCUT2D eigenvalue weighted by atomic mass is 9.94. The van der Waals surface area contributed by atoms with Crippen molar-refractivity contribution in [1.82, 2.24) is 9.88 Å². The van der Waals surface area contributed by atoms with Crippen LogP contribution in [0.3, 0.4) is 0 Å². The van der Waals surface area contributed by atoms with Gasteiger partial charge in [-0.15, -0.1) is 0 Å². The van der Waals surface area contributed by atoms with E-state index < -0.39 is 0 Å². The first-order valence-corrected chi connectivity index (χ1v) is 9.27. The lowest BCUT2D eigenvalue weighted by molar-refractivity contribution is 0.140. The zero-order valence-electron chi connectivity index (χ0n) is 14.9. The molecule has 0 bridgehead atoms. The number of anilines is 1. The molecule has 0 saturated carbocycles. The van der Waals surface area contributed by atoms with Crippen molar-refractivity contribution in [2.75, 3.05) is 11.9 Å². The van der Waals surface area contributed by atoms with Crippen molar-refractivity contribution in [3.8, 4) is 0 Å². The molecule has 2 atom stereocenters. The molecule has 1 aliphatic rings. The van der Waals surface area contributed by atoms with E-state index in [-0.39, 0.29) is 0 Å². The van der Waals surface area contributed by atoms with E-state index in [1.807, 2.05) is 6.20 Å². The Balaban J connectivity index is 1.83. The van der Waals surface area contributed by atoms with Crippen molar-refractivity contribution in [1.29, 1.82) is 0 Å². The van der Waals surface area contributed by atoms with Gasteiger partial charge in [0.1, 0.15) is 5.82 Å². The van der Waals surface area contributed by atoms with E-state index in [4.69, 9.17) is 0 Å². The molecular weight excluding hydrogens is 294 g/mol. The molecule has 3 heteroatoms. The van der Waals surface area contributed by atoms with Gasteiger partial charge in [0.2, 0.25) is 0 Å². The molecule has 0 amide bonds. The van der Waals surface area contributed by atoms with Crippen LogP contribution in [0.1, 0.15) is 56.7 Å². The number of benzene rings is 1. The highest BCUT2D eigenvalue weighted by atomic mass is 15.2. The predicted molar refractivity (Wildman–Crippen MR) is 101 cm³/mol. The maximum absolute atomic E-state index is 4.65. The van der Waals surface area contributed by atoms with Crippen molar-refractivity contribution >= 4 is 5.82 Å². The van der Waals surface area contributed by atoms with Crippen LogP contribution in [0.4, 0.5) is 5.82 Å². The first-order chi connectivity index (χ1) is 11.8. The van der Waals surface area contributed by atoms with Crippen molar-refractivity contribution in [2.45, 2.75) is 58.2 Å². The van der Waals surface area contributed by atoms with Crippen LogP contribution in [-0.4, -0.2) is 22.5 Å². The molecule has 1 N–H and O–H groups in total. The summed E-state index contributed by atoms with van der Waals surface area (Å²) in [5, 5.41) is 3.60.